The summed E-state index contributed by atoms with van der Waals surface area (Å²) >= 11 is 0. The summed E-state index contributed by atoms with van der Waals surface area (Å²) < 4.78 is 16.6. The van der Waals surface area contributed by atoms with Gasteiger partial charge in [-0.25, -0.2) is 0 Å². The molecule has 0 aromatic heterocycles. The van der Waals surface area contributed by atoms with Crippen LogP contribution in [0, 0.1) is 5.92 Å². The zero-order chi connectivity index (χ0) is 28.5. The van der Waals surface area contributed by atoms with E-state index in [4.69, 9.17) is 25.7 Å². The lowest BCUT2D eigenvalue weighted by Crippen LogP contribution is -2.57. The molecule has 0 spiro atoms. The predicted octanol–water partition coefficient (Wildman–Crippen LogP) is 1.99. The van der Waals surface area contributed by atoms with E-state index in [9.17, 15) is 19.2 Å². The number of rotatable bonds is 12. The van der Waals surface area contributed by atoms with E-state index in [1.807, 2.05) is 12.1 Å². The topological polar surface area (TPSA) is 163 Å². The summed E-state index contributed by atoms with van der Waals surface area (Å²) in [5.41, 5.74) is 11.4. The maximum Gasteiger partial charge on any atom is 0.243 e. The minimum Gasteiger partial charge on any atom is -0.493 e. The number of ether oxygens (including phenoxy) is 3. The van der Waals surface area contributed by atoms with Gasteiger partial charge in [0.2, 0.25) is 29.4 Å². The van der Waals surface area contributed by atoms with Crippen molar-refractivity contribution in [2.75, 3.05) is 27.9 Å². The third kappa shape index (κ3) is 7.33. The van der Waals surface area contributed by atoms with Gasteiger partial charge in [-0.15, -0.1) is 0 Å². The molecule has 39 heavy (non-hydrogen) atoms. The molecule has 3 atom stereocenters. The van der Waals surface area contributed by atoms with Crippen LogP contribution in [0.2, 0.25) is 0 Å². The van der Waals surface area contributed by atoms with Crippen molar-refractivity contribution in [1.82, 2.24) is 10.2 Å². The van der Waals surface area contributed by atoms with Gasteiger partial charge >= 0.3 is 0 Å². The van der Waals surface area contributed by atoms with E-state index in [-0.39, 0.29) is 24.7 Å². The zero-order valence-electron chi connectivity index (χ0n) is 23.2. The Labute approximate surface area is 229 Å². The van der Waals surface area contributed by atoms with Gasteiger partial charge in [-0.3, -0.25) is 19.2 Å². The van der Waals surface area contributed by atoms with Crippen molar-refractivity contribution in [1.29, 1.82) is 0 Å². The van der Waals surface area contributed by atoms with Gasteiger partial charge < -0.3 is 35.9 Å². The van der Waals surface area contributed by atoms with Gasteiger partial charge in [0.05, 0.1) is 27.2 Å². The minimum absolute atomic E-state index is 0.00715. The zero-order valence-corrected chi connectivity index (χ0v) is 23.2. The van der Waals surface area contributed by atoms with Crippen LogP contribution in [0.15, 0.2) is 12.1 Å². The Bertz CT molecular complexity index is 1020. The van der Waals surface area contributed by atoms with Crippen molar-refractivity contribution in [2.45, 2.75) is 82.2 Å². The number of carbonyl (C=O) groups is 4. The monoisotopic (exact) mass is 546 g/mol. The van der Waals surface area contributed by atoms with Gasteiger partial charge in [-0.05, 0) is 62.1 Å². The molecule has 1 saturated heterocycles. The van der Waals surface area contributed by atoms with E-state index in [1.165, 1.54) is 21.3 Å². The van der Waals surface area contributed by atoms with Crippen molar-refractivity contribution in [3.63, 3.8) is 0 Å². The first-order valence-electron chi connectivity index (χ1n) is 13.7. The molecular weight excluding hydrogens is 504 g/mol. The summed E-state index contributed by atoms with van der Waals surface area (Å²) in [7, 11) is 4.61. The largest absolute Gasteiger partial charge is 0.493 e. The molecule has 5 N–H and O–H groups in total. The molecule has 1 aliphatic carbocycles. The number of nitrogens with two attached hydrogens (primary N) is 2. The number of amides is 4. The van der Waals surface area contributed by atoms with Crippen molar-refractivity contribution in [2.24, 2.45) is 17.4 Å². The number of nitrogens with zero attached hydrogens (tertiary/aromatic N) is 1. The Morgan fingerprint density at radius 1 is 0.923 bits per heavy atom. The van der Waals surface area contributed by atoms with E-state index in [2.05, 4.69) is 5.32 Å². The molecule has 0 bridgehead atoms. The molecule has 1 saturated carbocycles. The van der Waals surface area contributed by atoms with Crippen molar-refractivity contribution in [3.8, 4) is 17.2 Å². The lowest BCUT2D eigenvalue weighted by molar-refractivity contribution is -0.145. The molecule has 1 aliphatic heterocycles. The average molecular weight is 547 g/mol. The third-order valence-electron chi connectivity index (χ3n) is 7.86. The number of primary amides is 2. The molecule has 11 nitrogen and oxygen atoms in total. The minimum atomic E-state index is -1.05. The highest BCUT2D eigenvalue weighted by Crippen LogP contribution is 2.45. The Hall–Kier alpha value is -3.50. The van der Waals surface area contributed by atoms with Crippen LogP contribution < -0.4 is 31.0 Å². The Morgan fingerprint density at radius 2 is 1.54 bits per heavy atom. The van der Waals surface area contributed by atoms with Crippen LogP contribution in [0.5, 0.6) is 17.2 Å². The second-order valence-corrected chi connectivity index (χ2v) is 10.3. The summed E-state index contributed by atoms with van der Waals surface area (Å²) in [6.45, 7) is 0.424. The number of hydrogen-bond donors (Lipinski definition) is 3. The molecule has 1 heterocycles. The molecule has 11 heteroatoms. The van der Waals surface area contributed by atoms with Crippen LogP contribution in [0.3, 0.4) is 0 Å². The van der Waals surface area contributed by atoms with Crippen LogP contribution >= 0.6 is 0 Å². The first-order chi connectivity index (χ1) is 18.7. The Morgan fingerprint density at radius 3 is 2.08 bits per heavy atom. The van der Waals surface area contributed by atoms with E-state index < -0.39 is 35.7 Å². The normalized spacial score (nSPS) is 19.5. The van der Waals surface area contributed by atoms with Gasteiger partial charge in [-0.2, -0.15) is 0 Å². The quantitative estimate of drug-likeness (QED) is 0.361. The maximum atomic E-state index is 14.4. The SMILES string of the molecule is COc1cc(C(C(=O)N2CCCCC2C(=O)NC(CCC(N)=O)C(N)=O)C2CCCCC2)cc(OC)c1OC. The number of likely N-dealkylation sites (tertiary alicyclic amines) is 1. The van der Waals surface area contributed by atoms with Gasteiger partial charge in [0.1, 0.15) is 12.1 Å². The smallest absolute Gasteiger partial charge is 0.243 e. The average Bonchev–Trinajstić information content (AvgIpc) is 2.94. The lowest BCUT2D eigenvalue weighted by atomic mass is 9.75. The van der Waals surface area contributed by atoms with Crippen LogP contribution in [0.4, 0.5) is 0 Å². The van der Waals surface area contributed by atoms with E-state index in [0.717, 1.165) is 50.5 Å². The first kappa shape index (κ1) is 30.0. The summed E-state index contributed by atoms with van der Waals surface area (Å²) in [5, 5.41) is 2.66. The highest BCUT2D eigenvalue weighted by atomic mass is 16.5. The summed E-state index contributed by atoms with van der Waals surface area (Å²) in [6, 6.07) is 1.84. The highest BCUT2D eigenvalue weighted by molar-refractivity contribution is 5.93. The molecular formula is C28H42N4O7. The predicted molar refractivity (Wildman–Crippen MR) is 144 cm³/mol. The molecule has 2 aliphatic rings. The number of nitrogens with one attached hydrogen (secondary N) is 1. The summed E-state index contributed by atoms with van der Waals surface area (Å²) in [6.07, 6.45) is 6.90. The van der Waals surface area contributed by atoms with Crippen molar-refractivity contribution < 1.29 is 33.4 Å². The third-order valence-corrected chi connectivity index (χ3v) is 7.86. The van der Waals surface area contributed by atoms with Crippen LogP contribution in [-0.2, 0) is 19.2 Å². The number of hydrogen-bond acceptors (Lipinski definition) is 7. The van der Waals surface area contributed by atoms with E-state index in [1.54, 1.807) is 4.90 Å². The molecule has 3 unspecified atom stereocenters. The Kier molecular flexibility index (Phi) is 10.8. The van der Waals surface area contributed by atoms with Crippen molar-refractivity contribution >= 4 is 23.6 Å². The molecule has 0 radical (unpaired) electrons. The van der Waals surface area contributed by atoms with E-state index in [0.29, 0.717) is 30.2 Å². The van der Waals surface area contributed by atoms with Crippen LogP contribution in [0.25, 0.3) is 0 Å². The van der Waals surface area contributed by atoms with Gasteiger partial charge in [-0.1, -0.05) is 19.3 Å². The van der Waals surface area contributed by atoms with Crippen LogP contribution in [0.1, 0.15) is 75.7 Å². The fourth-order valence-electron chi connectivity index (χ4n) is 5.85. The fourth-order valence-corrected chi connectivity index (χ4v) is 5.85. The second kappa shape index (κ2) is 14.0. The van der Waals surface area contributed by atoms with Crippen molar-refractivity contribution in [3.05, 3.63) is 17.7 Å². The standard InChI is InChI=1S/C28H42N4O7/c1-37-21-15-18(16-22(38-2)25(21)39-3)24(17-9-5-4-6-10-17)28(36)32-14-8-7-11-20(32)27(35)31-19(26(30)34)12-13-23(29)33/h15-17,19-20,24H,4-14H2,1-3H3,(H2,29,33)(H2,30,34)(H,31,35). The highest BCUT2D eigenvalue weighted by Gasteiger charge is 2.40. The molecule has 216 valence electrons. The number of carbonyl (C=O) groups excluding carboxylic acids is 4. The van der Waals surface area contributed by atoms with E-state index >= 15 is 0 Å². The summed E-state index contributed by atoms with van der Waals surface area (Å²) in [4.78, 5) is 52.6. The van der Waals surface area contributed by atoms with Crippen LogP contribution in [-0.4, -0.2) is 68.5 Å². The summed E-state index contributed by atoms with van der Waals surface area (Å²) in [5.74, 6) is -0.974. The molecule has 4 amide bonds. The molecule has 1 aromatic carbocycles. The van der Waals surface area contributed by atoms with Gasteiger partial charge in [0.15, 0.2) is 11.5 Å². The second-order valence-electron chi connectivity index (χ2n) is 10.3. The van der Waals surface area contributed by atoms with Gasteiger partial charge in [0, 0.05) is 13.0 Å². The maximum absolute atomic E-state index is 14.4. The first-order valence-corrected chi connectivity index (χ1v) is 13.7. The number of benzene rings is 1. The number of piperidine rings is 1. The lowest BCUT2D eigenvalue weighted by Gasteiger charge is -2.40. The number of methoxy groups -OCH3 is 3. The molecule has 3 rings (SSSR count). The Balaban J connectivity index is 1.95. The fraction of sp³-hybridized carbons (Fsp3) is 0.643. The van der Waals surface area contributed by atoms with Gasteiger partial charge in [0.25, 0.3) is 0 Å². The molecule has 2 fully saturated rings. The molecule has 1 aromatic rings.